The van der Waals surface area contributed by atoms with E-state index in [0.29, 0.717) is 11.1 Å². The summed E-state index contributed by atoms with van der Waals surface area (Å²) in [5.74, 6) is -1.65. The maximum Gasteiger partial charge on any atom is 0.341 e. The van der Waals surface area contributed by atoms with Crippen LogP contribution in [0.4, 0.5) is 0 Å². The standard InChI is InChI=1S/C13H20N2O4S/c1-7-5-8(2)10(4)11(9(7)3)20(18,19)13(15,6-14)12(16)17/h5H,6,14-15H2,1-4H3,(H,16,17). The van der Waals surface area contributed by atoms with Crippen LogP contribution in [0.2, 0.25) is 0 Å². The quantitative estimate of drug-likeness (QED) is 0.739. The number of carboxylic acid groups (broad SMARTS) is 1. The van der Waals surface area contributed by atoms with Crippen LogP contribution in [0, 0.1) is 27.7 Å². The zero-order valence-electron chi connectivity index (χ0n) is 12.0. The number of aliphatic carboxylic acids is 1. The Kier molecular flexibility index (Phi) is 4.28. The molecule has 112 valence electrons. The molecule has 0 aliphatic carbocycles. The third-order valence-electron chi connectivity index (χ3n) is 3.71. The Bertz CT molecular complexity index is 641. The van der Waals surface area contributed by atoms with Gasteiger partial charge in [-0.25, -0.2) is 13.2 Å². The Morgan fingerprint density at radius 3 is 1.90 bits per heavy atom. The first-order chi connectivity index (χ1) is 9.00. The van der Waals surface area contributed by atoms with Crippen LogP contribution in [0.3, 0.4) is 0 Å². The summed E-state index contributed by atoms with van der Waals surface area (Å²) in [4.78, 5) is 8.72. The van der Waals surface area contributed by atoms with Crippen LogP contribution in [0.25, 0.3) is 0 Å². The first kappa shape index (κ1) is 16.6. The lowest BCUT2D eigenvalue weighted by Crippen LogP contribution is -2.60. The maximum absolute atomic E-state index is 12.7. The molecule has 1 atom stereocenters. The molecule has 0 radical (unpaired) electrons. The number of carboxylic acids is 1. The van der Waals surface area contributed by atoms with E-state index in [0.717, 1.165) is 11.1 Å². The number of hydrogen-bond donors (Lipinski definition) is 3. The number of hydrogen-bond acceptors (Lipinski definition) is 5. The lowest BCUT2D eigenvalue weighted by atomic mass is 10.0. The fourth-order valence-electron chi connectivity index (χ4n) is 2.08. The number of rotatable bonds is 4. The molecular formula is C13H20N2O4S. The van der Waals surface area contributed by atoms with E-state index in [2.05, 4.69) is 0 Å². The van der Waals surface area contributed by atoms with Gasteiger partial charge in [-0.1, -0.05) is 6.07 Å². The van der Waals surface area contributed by atoms with Crippen molar-refractivity contribution in [2.75, 3.05) is 6.54 Å². The number of carbonyl (C=O) groups is 1. The second kappa shape index (κ2) is 5.16. The van der Waals surface area contributed by atoms with E-state index in [-0.39, 0.29) is 4.90 Å². The number of sulfone groups is 1. The van der Waals surface area contributed by atoms with Crippen LogP contribution in [0.5, 0.6) is 0 Å². The van der Waals surface area contributed by atoms with E-state index >= 15 is 0 Å². The van der Waals surface area contributed by atoms with Gasteiger partial charge in [0.25, 0.3) is 0 Å². The lowest BCUT2D eigenvalue weighted by molar-refractivity contribution is -0.139. The molecule has 6 nitrogen and oxygen atoms in total. The van der Waals surface area contributed by atoms with Gasteiger partial charge in [0.2, 0.25) is 14.7 Å². The van der Waals surface area contributed by atoms with Gasteiger partial charge in [0, 0.05) is 6.54 Å². The molecule has 7 heteroatoms. The van der Waals surface area contributed by atoms with Gasteiger partial charge in [0.15, 0.2) is 0 Å². The predicted molar refractivity (Wildman–Crippen MR) is 76.2 cm³/mol. The van der Waals surface area contributed by atoms with Crippen LogP contribution in [-0.2, 0) is 14.6 Å². The van der Waals surface area contributed by atoms with E-state index < -0.39 is 27.2 Å². The third-order valence-corrected chi connectivity index (χ3v) is 6.16. The summed E-state index contributed by atoms with van der Waals surface area (Å²) < 4.78 is 25.4. The minimum atomic E-state index is -4.30. The van der Waals surface area contributed by atoms with Gasteiger partial charge in [-0.3, -0.25) is 0 Å². The molecule has 0 saturated carbocycles. The zero-order valence-corrected chi connectivity index (χ0v) is 12.8. The van der Waals surface area contributed by atoms with Gasteiger partial charge in [-0.05, 0) is 49.9 Å². The molecule has 1 aromatic rings. The lowest BCUT2D eigenvalue weighted by Gasteiger charge is -2.26. The molecule has 1 aromatic carbocycles. The second-order valence-electron chi connectivity index (χ2n) is 4.99. The first-order valence-electron chi connectivity index (χ1n) is 6.05. The van der Waals surface area contributed by atoms with Crippen molar-refractivity contribution in [3.8, 4) is 0 Å². The highest BCUT2D eigenvalue weighted by Crippen LogP contribution is 2.31. The van der Waals surface area contributed by atoms with Crippen molar-refractivity contribution in [1.82, 2.24) is 0 Å². The average molecular weight is 300 g/mol. The largest absolute Gasteiger partial charge is 0.479 e. The minimum Gasteiger partial charge on any atom is -0.479 e. The highest BCUT2D eigenvalue weighted by molar-refractivity contribution is 7.93. The van der Waals surface area contributed by atoms with Crippen molar-refractivity contribution in [2.45, 2.75) is 37.5 Å². The molecule has 0 heterocycles. The van der Waals surface area contributed by atoms with Crippen molar-refractivity contribution in [1.29, 1.82) is 0 Å². The molecule has 20 heavy (non-hydrogen) atoms. The van der Waals surface area contributed by atoms with E-state index in [1.54, 1.807) is 27.7 Å². The summed E-state index contributed by atoms with van der Waals surface area (Å²) in [7, 11) is -4.30. The van der Waals surface area contributed by atoms with Gasteiger partial charge in [0.1, 0.15) is 0 Å². The van der Waals surface area contributed by atoms with Gasteiger partial charge in [0.05, 0.1) is 4.90 Å². The fraction of sp³-hybridized carbons (Fsp3) is 0.462. The highest BCUT2D eigenvalue weighted by Gasteiger charge is 2.48. The van der Waals surface area contributed by atoms with Crippen molar-refractivity contribution in [3.05, 3.63) is 28.3 Å². The Balaban J connectivity index is 3.81. The monoisotopic (exact) mass is 300 g/mol. The molecule has 0 amide bonds. The minimum absolute atomic E-state index is 0.0367. The molecule has 0 saturated heterocycles. The highest BCUT2D eigenvalue weighted by atomic mass is 32.2. The van der Waals surface area contributed by atoms with E-state index in [1.165, 1.54) is 0 Å². The van der Waals surface area contributed by atoms with Crippen molar-refractivity contribution in [3.63, 3.8) is 0 Å². The van der Waals surface area contributed by atoms with Crippen LogP contribution >= 0.6 is 0 Å². The number of nitrogens with two attached hydrogens (primary N) is 2. The van der Waals surface area contributed by atoms with Crippen LogP contribution in [0.1, 0.15) is 22.3 Å². The van der Waals surface area contributed by atoms with Crippen molar-refractivity contribution < 1.29 is 18.3 Å². The molecular weight excluding hydrogens is 280 g/mol. The maximum atomic E-state index is 12.7. The fourth-order valence-corrected chi connectivity index (χ4v) is 4.02. The summed E-state index contributed by atoms with van der Waals surface area (Å²) in [6.45, 7) is 6.10. The van der Waals surface area contributed by atoms with Gasteiger partial charge in [-0.2, -0.15) is 0 Å². The SMILES string of the molecule is Cc1cc(C)c(C)c(S(=O)(=O)C(N)(CN)C(=O)O)c1C. The third kappa shape index (κ3) is 2.21. The van der Waals surface area contributed by atoms with Gasteiger partial charge in [-0.15, -0.1) is 0 Å². The van der Waals surface area contributed by atoms with E-state index in [4.69, 9.17) is 16.6 Å². The van der Waals surface area contributed by atoms with E-state index in [9.17, 15) is 13.2 Å². The Labute approximate surface area is 118 Å². The molecule has 0 spiro atoms. The van der Waals surface area contributed by atoms with Crippen molar-refractivity contribution in [2.24, 2.45) is 11.5 Å². The van der Waals surface area contributed by atoms with Crippen molar-refractivity contribution >= 4 is 15.8 Å². The van der Waals surface area contributed by atoms with Gasteiger partial charge >= 0.3 is 5.97 Å². The molecule has 0 aliphatic heterocycles. The smallest absolute Gasteiger partial charge is 0.341 e. The van der Waals surface area contributed by atoms with E-state index in [1.807, 2.05) is 6.07 Å². The summed E-state index contributed by atoms with van der Waals surface area (Å²) in [6.07, 6.45) is 0. The van der Waals surface area contributed by atoms with Gasteiger partial charge < -0.3 is 16.6 Å². The Hall–Kier alpha value is -1.44. The molecule has 5 N–H and O–H groups in total. The average Bonchev–Trinajstić information content (AvgIpc) is 2.34. The molecule has 0 aliphatic rings. The summed E-state index contributed by atoms with van der Waals surface area (Å²) >= 11 is 0. The predicted octanol–water partition coefficient (Wildman–Crippen LogP) is 0.392. The topological polar surface area (TPSA) is 123 Å². The molecule has 0 aromatic heterocycles. The number of benzene rings is 1. The Morgan fingerprint density at radius 2 is 1.60 bits per heavy atom. The summed E-state index contributed by atoms with van der Waals surface area (Å²) in [5.41, 5.74) is 13.4. The van der Waals surface area contributed by atoms with Crippen LogP contribution < -0.4 is 11.5 Å². The molecule has 0 bridgehead atoms. The molecule has 1 rings (SSSR count). The normalized spacial score (nSPS) is 14.9. The van der Waals surface area contributed by atoms with Crippen LogP contribution in [0.15, 0.2) is 11.0 Å². The zero-order chi connectivity index (χ0) is 15.9. The summed E-state index contributed by atoms with van der Waals surface area (Å²) in [6, 6.07) is 1.85. The molecule has 0 fully saturated rings. The van der Waals surface area contributed by atoms with Crippen LogP contribution in [-0.4, -0.2) is 30.9 Å². The second-order valence-corrected chi connectivity index (χ2v) is 7.14. The first-order valence-corrected chi connectivity index (χ1v) is 7.53. The Morgan fingerprint density at radius 1 is 1.20 bits per heavy atom. The molecule has 1 unspecified atom stereocenters. The number of aryl methyl sites for hydroxylation is 2. The summed E-state index contributed by atoms with van der Waals surface area (Å²) in [5, 5.41) is 9.17.